The van der Waals surface area contributed by atoms with E-state index in [9.17, 15) is 9.59 Å². The second-order valence-corrected chi connectivity index (χ2v) is 6.08. The summed E-state index contributed by atoms with van der Waals surface area (Å²) < 4.78 is 0. The van der Waals surface area contributed by atoms with Gasteiger partial charge >= 0.3 is 11.8 Å². The van der Waals surface area contributed by atoms with Gasteiger partial charge in [-0.15, -0.1) is 0 Å². The first kappa shape index (κ1) is 17.0. The summed E-state index contributed by atoms with van der Waals surface area (Å²) in [7, 11) is 0. The second-order valence-electron chi connectivity index (χ2n) is 6.08. The van der Waals surface area contributed by atoms with Crippen LogP contribution in [-0.4, -0.2) is 42.9 Å². The minimum Gasteiger partial charge on any atom is -0.368 e. The van der Waals surface area contributed by atoms with Crippen LogP contribution in [0.5, 0.6) is 0 Å². The van der Waals surface area contributed by atoms with Crippen LogP contribution in [0.1, 0.15) is 12.5 Å². The topological polar surface area (TPSA) is 52.7 Å². The number of hydrogen-bond donors (Lipinski definition) is 1. The predicted octanol–water partition coefficient (Wildman–Crippen LogP) is 2.54. The molecule has 25 heavy (non-hydrogen) atoms. The minimum absolute atomic E-state index is 0.460. The normalized spacial score (nSPS) is 14.3. The maximum absolute atomic E-state index is 12.4. The number of anilines is 2. The lowest BCUT2D eigenvalue weighted by Gasteiger charge is -2.35. The molecule has 1 aliphatic heterocycles. The first-order valence-corrected chi connectivity index (χ1v) is 8.67. The summed E-state index contributed by atoms with van der Waals surface area (Å²) in [6, 6.07) is 17.7. The standard InChI is InChI=1S/C20H23N3O2/c1-2-16-8-6-7-11-18(16)21-19(24)20(25)23-14-12-22(13-15-23)17-9-4-3-5-10-17/h3-11H,2,12-15H2,1H3,(H,21,24). The third-order valence-electron chi connectivity index (χ3n) is 4.53. The lowest BCUT2D eigenvalue weighted by Crippen LogP contribution is -2.51. The van der Waals surface area contributed by atoms with Crippen LogP contribution >= 0.6 is 0 Å². The summed E-state index contributed by atoms with van der Waals surface area (Å²) in [4.78, 5) is 28.6. The van der Waals surface area contributed by atoms with Crippen LogP contribution in [-0.2, 0) is 16.0 Å². The number of carbonyl (C=O) groups excluding carboxylic acids is 2. The molecule has 0 saturated carbocycles. The number of nitrogens with zero attached hydrogens (tertiary/aromatic N) is 2. The summed E-state index contributed by atoms with van der Waals surface area (Å²) in [6.45, 7) is 4.59. The fourth-order valence-electron chi connectivity index (χ4n) is 3.08. The van der Waals surface area contributed by atoms with Crippen molar-refractivity contribution < 1.29 is 9.59 Å². The summed E-state index contributed by atoms with van der Waals surface area (Å²) in [5, 5.41) is 2.76. The molecule has 2 amide bonds. The first-order valence-electron chi connectivity index (χ1n) is 8.67. The van der Waals surface area contributed by atoms with E-state index >= 15 is 0 Å². The van der Waals surface area contributed by atoms with Gasteiger partial charge in [-0.05, 0) is 30.2 Å². The van der Waals surface area contributed by atoms with Crippen LogP contribution in [0.4, 0.5) is 11.4 Å². The average Bonchev–Trinajstić information content (AvgIpc) is 2.68. The van der Waals surface area contributed by atoms with Gasteiger partial charge < -0.3 is 15.1 Å². The van der Waals surface area contributed by atoms with Gasteiger partial charge in [0.15, 0.2) is 0 Å². The van der Waals surface area contributed by atoms with Crippen molar-refractivity contribution in [3.8, 4) is 0 Å². The number of aryl methyl sites for hydroxylation is 1. The quantitative estimate of drug-likeness (QED) is 0.876. The van der Waals surface area contributed by atoms with Crippen molar-refractivity contribution in [2.45, 2.75) is 13.3 Å². The zero-order valence-corrected chi connectivity index (χ0v) is 14.4. The highest BCUT2D eigenvalue weighted by atomic mass is 16.2. The maximum atomic E-state index is 12.4. The minimum atomic E-state index is -0.561. The Hall–Kier alpha value is -2.82. The smallest absolute Gasteiger partial charge is 0.313 e. The molecule has 0 aliphatic carbocycles. The molecular weight excluding hydrogens is 314 g/mol. The van der Waals surface area contributed by atoms with Crippen LogP contribution in [0, 0.1) is 0 Å². The first-order chi connectivity index (χ1) is 12.2. The van der Waals surface area contributed by atoms with Crippen molar-refractivity contribution in [1.29, 1.82) is 0 Å². The number of hydrogen-bond acceptors (Lipinski definition) is 3. The van der Waals surface area contributed by atoms with Gasteiger partial charge in [0.25, 0.3) is 0 Å². The molecule has 0 unspecified atom stereocenters. The molecule has 0 bridgehead atoms. The van der Waals surface area contributed by atoms with E-state index in [-0.39, 0.29) is 0 Å². The molecule has 5 heteroatoms. The third kappa shape index (κ3) is 3.99. The predicted molar refractivity (Wildman–Crippen MR) is 99.7 cm³/mol. The lowest BCUT2D eigenvalue weighted by atomic mass is 10.1. The number of amides is 2. The number of piperazine rings is 1. The lowest BCUT2D eigenvalue weighted by molar-refractivity contribution is -0.143. The van der Waals surface area contributed by atoms with Gasteiger partial charge in [0.2, 0.25) is 0 Å². The molecule has 3 rings (SSSR count). The second kappa shape index (κ2) is 7.83. The van der Waals surface area contributed by atoms with Crippen molar-refractivity contribution in [1.82, 2.24) is 4.90 Å². The van der Waals surface area contributed by atoms with E-state index in [1.807, 2.05) is 49.4 Å². The Labute approximate surface area is 148 Å². The Morgan fingerprint density at radius 2 is 1.56 bits per heavy atom. The molecule has 1 fully saturated rings. The fraction of sp³-hybridized carbons (Fsp3) is 0.300. The Morgan fingerprint density at radius 3 is 2.24 bits per heavy atom. The van der Waals surface area contributed by atoms with Gasteiger partial charge in [-0.2, -0.15) is 0 Å². The summed E-state index contributed by atoms with van der Waals surface area (Å²) in [5.41, 5.74) is 2.89. The molecular formula is C20H23N3O2. The van der Waals surface area contributed by atoms with Crippen molar-refractivity contribution >= 4 is 23.2 Å². The van der Waals surface area contributed by atoms with Crippen molar-refractivity contribution in [2.75, 3.05) is 36.4 Å². The summed E-state index contributed by atoms with van der Waals surface area (Å²) in [6.07, 6.45) is 0.806. The molecule has 1 heterocycles. The Bertz CT molecular complexity index is 738. The van der Waals surface area contributed by atoms with Crippen molar-refractivity contribution in [3.05, 3.63) is 60.2 Å². The highest BCUT2D eigenvalue weighted by Crippen LogP contribution is 2.17. The van der Waals surface area contributed by atoms with E-state index in [1.165, 1.54) is 0 Å². The van der Waals surface area contributed by atoms with Gasteiger partial charge in [0, 0.05) is 37.6 Å². The average molecular weight is 337 g/mol. The Kier molecular flexibility index (Phi) is 5.33. The van der Waals surface area contributed by atoms with E-state index in [4.69, 9.17) is 0 Å². The van der Waals surface area contributed by atoms with Crippen molar-refractivity contribution in [2.24, 2.45) is 0 Å². The van der Waals surface area contributed by atoms with Gasteiger partial charge in [-0.1, -0.05) is 43.3 Å². The zero-order chi connectivity index (χ0) is 17.6. The van der Waals surface area contributed by atoms with Crippen LogP contribution < -0.4 is 10.2 Å². The number of nitrogens with one attached hydrogen (secondary N) is 1. The maximum Gasteiger partial charge on any atom is 0.313 e. The molecule has 2 aromatic rings. The van der Waals surface area contributed by atoms with Gasteiger partial charge in [-0.3, -0.25) is 9.59 Å². The molecule has 0 radical (unpaired) electrons. The van der Waals surface area contributed by atoms with E-state index in [0.717, 1.165) is 30.8 Å². The molecule has 0 spiro atoms. The van der Waals surface area contributed by atoms with E-state index in [1.54, 1.807) is 4.90 Å². The summed E-state index contributed by atoms with van der Waals surface area (Å²) >= 11 is 0. The van der Waals surface area contributed by atoms with Crippen LogP contribution in [0.3, 0.4) is 0 Å². The number of carbonyl (C=O) groups is 2. The SMILES string of the molecule is CCc1ccccc1NC(=O)C(=O)N1CCN(c2ccccc2)CC1. The molecule has 0 aromatic heterocycles. The number of benzene rings is 2. The van der Waals surface area contributed by atoms with Crippen LogP contribution in [0.2, 0.25) is 0 Å². The van der Waals surface area contributed by atoms with Crippen molar-refractivity contribution in [3.63, 3.8) is 0 Å². The third-order valence-corrected chi connectivity index (χ3v) is 4.53. The molecule has 1 aliphatic rings. The van der Waals surface area contributed by atoms with Gasteiger partial charge in [-0.25, -0.2) is 0 Å². The Morgan fingerprint density at radius 1 is 0.920 bits per heavy atom. The monoisotopic (exact) mass is 337 g/mol. The van der Waals surface area contributed by atoms with E-state index in [0.29, 0.717) is 18.8 Å². The summed E-state index contributed by atoms with van der Waals surface area (Å²) in [5.74, 6) is -1.02. The Balaban J connectivity index is 1.58. The van der Waals surface area contributed by atoms with Crippen LogP contribution in [0.15, 0.2) is 54.6 Å². The molecule has 1 N–H and O–H groups in total. The van der Waals surface area contributed by atoms with Crippen LogP contribution in [0.25, 0.3) is 0 Å². The molecule has 130 valence electrons. The highest BCUT2D eigenvalue weighted by Gasteiger charge is 2.26. The van der Waals surface area contributed by atoms with Gasteiger partial charge in [0.05, 0.1) is 0 Å². The molecule has 5 nitrogen and oxygen atoms in total. The number of rotatable bonds is 3. The zero-order valence-electron chi connectivity index (χ0n) is 14.4. The van der Waals surface area contributed by atoms with Gasteiger partial charge in [0.1, 0.15) is 0 Å². The highest BCUT2D eigenvalue weighted by molar-refractivity contribution is 6.39. The van der Waals surface area contributed by atoms with E-state index < -0.39 is 11.8 Å². The molecule has 1 saturated heterocycles. The molecule has 2 aromatic carbocycles. The van der Waals surface area contributed by atoms with E-state index in [2.05, 4.69) is 22.3 Å². The largest absolute Gasteiger partial charge is 0.368 e. The molecule has 0 atom stereocenters. The fourth-order valence-corrected chi connectivity index (χ4v) is 3.08. The number of para-hydroxylation sites is 2.